The van der Waals surface area contributed by atoms with Gasteiger partial charge < -0.3 is 41.0 Å². The Bertz CT molecular complexity index is 518. The van der Waals surface area contributed by atoms with Crippen LogP contribution in [0.1, 0.15) is 27.7 Å². The summed E-state index contributed by atoms with van der Waals surface area (Å²) in [6.45, 7) is 5.84. The van der Waals surface area contributed by atoms with E-state index in [2.05, 4.69) is 25.6 Å². The van der Waals surface area contributed by atoms with Crippen LogP contribution in [0.5, 0.6) is 5.75 Å². The first-order valence-corrected chi connectivity index (χ1v) is 6.51. The van der Waals surface area contributed by atoms with Crippen molar-refractivity contribution in [3.8, 4) is 5.75 Å². The fraction of sp³-hybridized carbons (Fsp3) is 0.357. The molecular formula is C14H21ClCoN5O5. The van der Waals surface area contributed by atoms with Gasteiger partial charge in [0.1, 0.15) is 5.75 Å². The Balaban J connectivity index is -0.000000134. The van der Waals surface area contributed by atoms with Gasteiger partial charge in [-0.25, -0.2) is 0 Å². The molecule has 148 valence electrons. The van der Waals surface area contributed by atoms with Crippen LogP contribution in [0.25, 0.3) is 0 Å². The number of methoxy groups -OCH3 is 1. The molecule has 26 heavy (non-hydrogen) atoms. The van der Waals surface area contributed by atoms with Crippen molar-refractivity contribution in [3.63, 3.8) is 0 Å². The van der Waals surface area contributed by atoms with Crippen molar-refractivity contribution in [2.24, 2.45) is 20.6 Å². The van der Waals surface area contributed by atoms with E-state index in [0.29, 0.717) is 0 Å². The standard InChI is InChI=1S/C6H7NO.2C4H8N2O2.ClH.Co/c1-8-6-2-4-7-5-3-6;2*1-3(5-7)4(2)6-8;;/h2-5H,1H3;2*7-8H,1-2H3;1H;/q;;;;+3/p-3/b;2*5-3+,6-4+;;. The van der Waals surface area contributed by atoms with Gasteiger partial charge >= 0.3 is 16.8 Å². The Labute approximate surface area is 168 Å². The molecule has 0 radical (unpaired) electrons. The molecule has 0 fully saturated rings. The summed E-state index contributed by atoms with van der Waals surface area (Å²) in [5, 5.41) is 47.1. The van der Waals surface area contributed by atoms with Crippen molar-refractivity contribution in [1.29, 1.82) is 0 Å². The number of ether oxygens (including phenoxy) is 1. The zero-order valence-corrected chi connectivity index (χ0v) is 16.7. The predicted molar refractivity (Wildman–Crippen MR) is 102 cm³/mol. The number of nitrogens with zero attached hydrogens (tertiary/aromatic N) is 5. The Hall–Kier alpha value is -2.37. The zero-order chi connectivity index (χ0) is 19.0. The first-order chi connectivity index (χ1) is 11.4. The van der Waals surface area contributed by atoms with E-state index in [4.69, 9.17) is 9.94 Å². The molecule has 0 spiro atoms. The van der Waals surface area contributed by atoms with Crippen molar-refractivity contribution < 1.29 is 26.7 Å². The molecule has 0 aromatic carbocycles. The van der Waals surface area contributed by atoms with Crippen molar-refractivity contribution in [2.45, 2.75) is 27.7 Å². The van der Waals surface area contributed by atoms with E-state index >= 15 is 0 Å². The molecule has 1 N–H and O–H groups in total. The second-order valence-corrected chi connectivity index (χ2v) is 4.10. The van der Waals surface area contributed by atoms with E-state index in [1.807, 2.05) is 0 Å². The van der Waals surface area contributed by atoms with E-state index in [1.165, 1.54) is 27.7 Å². The summed E-state index contributed by atoms with van der Waals surface area (Å²) in [6.07, 6.45) is 3.39. The molecule has 0 saturated heterocycles. The van der Waals surface area contributed by atoms with E-state index < -0.39 is 0 Å². The van der Waals surface area contributed by atoms with Gasteiger partial charge in [0.15, 0.2) is 0 Å². The summed E-state index contributed by atoms with van der Waals surface area (Å²) < 4.78 is 4.87. The number of halogens is 1. The molecule has 0 atom stereocenters. The van der Waals surface area contributed by atoms with Crippen LogP contribution in [0.15, 0.2) is 45.1 Å². The maximum atomic E-state index is 9.63. The minimum absolute atomic E-state index is 0. The average Bonchev–Trinajstić information content (AvgIpc) is 2.66. The minimum Gasteiger partial charge on any atom is -0.792 e. The number of aromatic nitrogens is 1. The Morgan fingerprint density at radius 3 is 1.42 bits per heavy atom. The summed E-state index contributed by atoms with van der Waals surface area (Å²) in [4.78, 5) is 3.81. The number of rotatable bonds is 3. The molecule has 12 heteroatoms. The van der Waals surface area contributed by atoms with Crippen LogP contribution in [-0.2, 0) is 16.8 Å². The molecule has 0 aliphatic rings. The number of hydrogen-bond donors (Lipinski definition) is 1. The van der Waals surface area contributed by atoms with Gasteiger partial charge in [-0.1, -0.05) is 5.16 Å². The number of pyridine rings is 1. The summed E-state index contributed by atoms with van der Waals surface area (Å²) >= 11 is 0. The molecule has 10 nitrogen and oxygen atoms in total. The average molecular weight is 434 g/mol. The van der Waals surface area contributed by atoms with Crippen LogP contribution in [0.2, 0.25) is 0 Å². The van der Waals surface area contributed by atoms with Crippen LogP contribution >= 0.6 is 12.4 Å². The molecule has 1 rings (SSSR count). The van der Waals surface area contributed by atoms with Gasteiger partial charge in [0, 0.05) is 23.8 Å². The molecule has 0 unspecified atom stereocenters. The fourth-order valence-electron chi connectivity index (χ4n) is 0.745. The van der Waals surface area contributed by atoms with Crippen molar-refractivity contribution in [3.05, 3.63) is 40.1 Å². The van der Waals surface area contributed by atoms with Crippen molar-refractivity contribution in [1.82, 2.24) is 4.98 Å². The molecule has 0 amide bonds. The Morgan fingerprint density at radius 1 is 0.885 bits per heavy atom. The summed E-state index contributed by atoms with van der Waals surface area (Å²) in [6, 6.07) is 3.61. The second-order valence-electron chi connectivity index (χ2n) is 4.10. The zero-order valence-electron chi connectivity index (χ0n) is 14.9. The second kappa shape index (κ2) is 20.7. The van der Waals surface area contributed by atoms with Gasteiger partial charge in [0.2, 0.25) is 0 Å². The van der Waals surface area contributed by atoms with Crippen LogP contribution < -0.4 is 4.74 Å². The Morgan fingerprint density at radius 2 is 1.23 bits per heavy atom. The van der Waals surface area contributed by atoms with Gasteiger partial charge in [-0.2, -0.15) is 0 Å². The summed E-state index contributed by atoms with van der Waals surface area (Å²) in [5.74, 6) is 0.847. The van der Waals surface area contributed by atoms with E-state index in [-0.39, 0.29) is 52.0 Å². The SMILES string of the molecule is CC(=N\[O-])/C(C)=N/O.CC(=N\[O-])/C(C)=N/[O-].COc1ccncc1.Cl.[Co+3]. The maximum absolute atomic E-state index is 9.63. The van der Waals surface area contributed by atoms with Crippen molar-refractivity contribution in [2.75, 3.05) is 7.11 Å². The van der Waals surface area contributed by atoms with Gasteiger partial charge in [0.25, 0.3) is 0 Å². The normalized spacial score (nSPS) is 11.4. The fourth-order valence-corrected chi connectivity index (χ4v) is 0.745. The maximum Gasteiger partial charge on any atom is 3.00 e. The van der Waals surface area contributed by atoms with Gasteiger partial charge in [0.05, 0.1) is 18.5 Å². The predicted octanol–water partition coefficient (Wildman–Crippen LogP) is 3.21. The summed E-state index contributed by atoms with van der Waals surface area (Å²) in [7, 11) is 1.63. The van der Waals surface area contributed by atoms with Crippen LogP contribution in [0.4, 0.5) is 0 Å². The first-order valence-electron chi connectivity index (χ1n) is 6.51. The van der Waals surface area contributed by atoms with Crippen LogP contribution in [0, 0.1) is 15.6 Å². The molecular weight excluding hydrogens is 413 g/mol. The van der Waals surface area contributed by atoms with E-state index in [0.717, 1.165) is 5.75 Å². The van der Waals surface area contributed by atoms with Crippen molar-refractivity contribution >= 4 is 35.3 Å². The molecule has 0 bridgehead atoms. The van der Waals surface area contributed by atoms with Gasteiger partial charge in [-0.3, -0.25) is 4.98 Å². The summed E-state index contributed by atoms with van der Waals surface area (Å²) in [5.41, 5.74) is 0.729. The van der Waals surface area contributed by atoms with E-state index in [1.54, 1.807) is 31.6 Å². The van der Waals surface area contributed by atoms with Crippen LogP contribution in [-0.4, -0.2) is 40.1 Å². The monoisotopic (exact) mass is 433 g/mol. The smallest absolute Gasteiger partial charge is 0.792 e. The molecule has 1 aromatic heterocycles. The third-order valence-electron chi connectivity index (χ3n) is 2.49. The molecule has 0 aliphatic carbocycles. The molecule has 1 aromatic rings. The quantitative estimate of drug-likeness (QED) is 0.437. The molecule has 0 saturated carbocycles. The van der Waals surface area contributed by atoms with E-state index in [9.17, 15) is 15.6 Å². The first kappa shape index (κ1) is 31.4. The largest absolute Gasteiger partial charge is 3.00 e. The van der Waals surface area contributed by atoms with Gasteiger partial charge in [-0.15, -0.1) is 12.4 Å². The van der Waals surface area contributed by atoms with Crippen LogP contribution in [0.3, 0.4) is 0 Å². The number of oxime groups is 1. The van der Waals surface area contributed by atoms with Gasteiger partial charge in [-0.05, 0) is 39.8 Å². The third kappa shape index (κ3) is 16.5. The molecule has 1 heterocycles. The molecule has 0 aliphatic heterocycles. The minimum atomic E-state index is 0. The Kier molecular flexibility index (Phi) is 25.0. The third-order valence-corrected chi connectivity index (χ3v) is 2.49. The number of hydrogen-bond acceptors (Lipinski definition) is 10. The topological polar surface area (TPSA) is 161 Å².